The SMILES string of the molecule is C#CC(I)[N+](CCCCC)(CCCCC)Cc1ccccc1C. The van der Waals surface area contributed by atoms with Gasteiger partial charge in [0.1, 0.15) is 6.54 Å². The highest BCUT2D eigenvalue weighted by Gasteiger charge is 2.33. The minimum absolute atomic E-state index is 0.251. The van der Waals surface area contributed by atoms with E-state index < -0.39 is 0 Å². The maximum Gasteiger partial charge on any atom is 0.200 e. The highest BCUT2D eigenvalue weighted by atomic mass is 127. The van der Waals surface area contributed by atoms with E-state index in [2.05, 4.69) is 73.5 Å². The van der Waals surface area contributed by atoms with Gasteiger partial charge in [0.25, 0.3) is 0 Å². The van der Waals surface area contributed by atoms with Gasteiger partial charge in [-0.1, -0.05) is 51.0 Å². The third-order valence-corrected chi connectivity index (χ3v) is 6.32. The maximum absolute atomic E-state index is 5.89. The molecule has 0 saturated carbocycles. The monoisotopic (exact) mass is 426 g/mol. The Bertz CT molecular complexity index is 479. The molecule has 2 heteroatoms. The van der Waals surface area contributed by atoms with Crippen LogP contribution in [0.3, 0.4) is 0 Å². The molecule has 0 spiro atoms. The third-order valence-electron chi connectivity index (χ3n) is 4.78. The maximum atomic E-state index is 5.89. The number of hydrogen-bond acceptors (Lipinski definition) is 0. The van der Waals surface area contributed by atoms with Gasteiger partial charge in [-0.2, -0.15) is 0 Å². The molecular formula is C21H33IN+. The molecule has 0 saturated heterocycles. The van der Waals surface area contributed by atoms with Crippen LogP contribution in [-0.4, -0.2) is 21.6 Å². The van der Waals surface area contributed by atoms with E-state index in [9.17, 15) is 0 Å². The lowest BCUT2D eigenvalue weighted by Crippen LogP contribution is -2.53. The zero-order chi connectivity index (χ0) is 17.1. The molecule has 0 fully saturated rings. The molecule has 23 heavy (non-hydrogen) atoms. The van der Waals surface area contributed by atoms with Crippen molar-refractivity contribution >= 4 is 22.6 Å². The largest absolute Gasteiger partial charge is 0.299 e. The van der Waals surface area contributed by atoms with Gasteiger partial charge in [0.05, 0.1) is 13.1 Å². The predicted octanol–water partition coefficient (Wildman–Crippen LogP) is 6.09. The standard InChI is InChI=1S/C21H33IN/c1-5-8-12-16-23(21(22)7-3,17-13-9-6-2)18-20-15-11-10-14-19(20)4/h3,10-11,14-15,21H,5-6,8-9,12-13,16-18H2,1-2,4H3/q+1. The van der Waals surface area contributed by atoms with E-state index >= 15 is 0 Å². The highest BCUT2D eigenvalue weighted by Crippen LogP contribution is 2.27. The van der Waals surface area contributed by atoms with Gasteiger partial charge in [-0.25, -0.2) is 0 Å². The fraction of sp³-hybridized carbons (Fsp3) is 0.619. The van der Waals surface area contributed by atoms with E-state index in [1.54, 1.807) is 0 Å². The summed E-state index contributed by atoms with van der Waals surface area (Å²) in [4.78, 5) is 0. The summed E-state index contributed by atoms with van der Waals surface area (Å²) in [5.74, 6) is 3.06. The number of halogens is 1. The number of benzene rings is 1. The summed E-state index contributed by atoms with van der Waals surface area (Å²) in [6.07, 6.45) is 13.6. The van der Waals surface area contributed by atoms with Crippen LogP contribution in [0.4, 0.5) is 0 Å². The Hall–Kier alpha value is -0.530. The molecule has 0 heterocycles. The number of hydrogen-bond donors (Lipinski definition) is 0. The molecule has 0 aliphatic rings. The lowest BCUT2D eigenvalue weighted by molar-refractivity contribution is -0.940. The third kappa shape index (κ3) is 6.47. The number of unbranched alkanes of at least 4 members (excludes halogenated alkanes) is 4. The fourth-order valence-electron chi connectivity index (χ4n) is 3.22. The van der Waals surface area contributed by atoms with Gasteiger partial charge in [0, 0.05) is 28.2 Å². The molecular weight excluding hydrogens is 393 g/mol. The van der Waals surface area contributed by atoms with Crippen LogP contribution in [0.2, 0.25) is 0 Å². The van der Waals surface area contributed by atoms with Crippen molar-refractivity contribution in [3.8, 4) is 12.3 Å². The Kier molecular flexibility index (Phi) is 9.90. The van der Waals surface area contributed by atoms with Gasteiger partial charge >= 0.3 is 0 Å². The second-order valence-electron chi connectivity index (χ2n) is 6.67. The summed E-state index contributed by atoms with van der Waals surface area (Å²) in [6, 6.07) is 8.79. The highest BCUT2D eigenvalue weighted by molar-refractivity contribution is 14.1. The molecule has 0 N–H and O–H groups in total. The summed E-state index contributed by atoms with van der Waals surface area (Å²) in [6.45, 7) is 10.2. The van der Waals surface area contributed by atoms with Gasteiger partial charge in [0.15, 0.2) is 0 Å². The number of nitrogens with zero attached hydrogens (tertiary/aromatic N) is 1. The van der Waals surface area contributed by atoms with Gasteiger partial charge in [-0.15, -0.1) is 6.42 Å². The summed E-state index contributed by atoms with van der Waals surface area (Å²) < 4.78 is 1.29. The molecule has 1 unspecified atom stereocenters. The van der Waals surface area contributed by atoms with Crippen molar-refractivity contribution in [2.75, 3.05) is 13.1 Å². The Morgan fingerprint density at radius 2 is 1.61 bits per heavy atom. The second-order valence-corrected chi connectivity index (χ2v) is 7.85. The van der Waals surface area contributed by atoms with E-state index in [0.717, 1.165) is 11.0 Å². The van der Waals surface area contributed by atoms with E-state index in [0.29, 0.717) is 0 Å². The normalized spacial score (nSPS) is 12.8. The van der Waals surface area contributed by atoms with Crippen molar-refractivity contribution in [2.45, 2.75) is 69.9 Å². The van der Waals surface area contributed by atoms with Gasteiger partial charge in [0.2, 0.25) is 4.05 Å². The first kappa shape index (κ1) is 20.5. The van der Waals surface area contributed by atoms with Crippen molar-refractivity contribution < 1.29 is 4.48 Å². The van der Waals surface area contributed by atoms with E-state index in [4.69, 9.17) is 6.42 Å². The Morgan fingerprint density at radius 1 is 1.04 bits per heavy atom. The summed E-state index contributed by atoms with van der Waals surface area (Å²) in [7, 11) is 0. The zero-order valence-corrected chi connectivity index (χ0v) is 17.3. The van der Waals surface area contributed by atoms with Crippen molar-refractivity contribution in [3.63, 3.8) is 0 Å². The van der Waals surface area contributed by atoms with Crippen molar-refractivity contribution in [3.05, 3.63) is 35.4 Å². The van der Waals surface area contributed by atoms with Crippen LogP contribution < -0.4 is 0 Å². The lowest BCUT2D eigenvalue weighted by Gasteiger charge is -2.41. The lowest BCUT2D eigenvalue weighted by atomic mass is 10.1. The van der Waals surface area contributed by atoms with Crippen LogP contribution in [0.25, 0.3) is 0 Å². The second kappa shape index (κ2) is 11.1. The summed E-state index contributed by atoms with van der Waals surface area (Å²) in [5.41, 5.74) is 2.85. The summed E-state index contributed by atoms with van der Waals surface area (Å²) >= 11 is 2.50. The molecule has 0 bridgehead atoms. The molecule has 1 nitrogen and oxygen atoms in total. The molecule has 1 rings (SSSR count). The van der Waals surface area contributed by atoms with Crippen LogP contribution >= 0.6 is 22.6 Å². The number of alkyl halides is 1. The molecule has 128 valence electrons. The van der Waals surface area contributed by atoms with Crippen LogP contribution in [0.1, 0.15) is 63.5 Å². The van der Waals surface area contributed by atoms with Crippen LogP contribution in [-0.2, 0) is 6.54 Å². The minimum Gasteiger partial charge on any atom is -0.299 e. The molecule has 0 amide bonds. The van der Waals surface area contributed by atoms with Crippen molar-refractivity contribution in [1.82, 2.24) is 0 Å². The molecule has 0 aliphatic heterocycles. The van der Waals surface area contributed by atoms with Gasteiger partial charge in [-0.05, 0) is 44.1 Å². The van der Waals surface area contributed by atoms with Crippen molar-refractivity contribution in [2.24, 2.45) is 0 Å². The summed E-state index contributed by atoms with van der Waals surface area (Å²) in [5, 5.41) is 0. The predicted molar refractivity (Wildman–Crippen MR) is 111 cm³/mol. The van der Waals surface area contributed by atoms with Crippen LogP contribution in [0.5, 0.6) is 0 Å². The van der Waals surface area contributed by atoms with Gasteiger partial charge < -0.3 is 0 Å². The van der Waals surface area contributed by atoms with Gasteiger partial charge in [-0.3, -0.25) is 4.48 Å². The molecule has 0 aliphatic carbocycles. The Balaban J connectivity index is 3.03. The average molecular weight is 426 g/mol. The molecule has 1 atom stereocenters. The molecule has 1 aromatic carbocycles. The number of quaternary nitrogens is 1. The first-order valence-corrected chi connectivity index (χ1v) is 10.3. The minimum atomic E-state index is 0.251. The van der Waals surface area contributed by atoms with E-state index in [1.807, 2.05) is 0 Å². The Morgan fingerprint density at radius 3 is 2.09 bits per heavy atom. The first-order chi connectivity index (χ1) is 11.1. The van der Waals surface area contributed by atoms with Crippen LogP contribution in [0.15, 0.2) is 24.3 Å². The van der Waals surface area contributed by atoms with Crippen LogP contribution in [0, 0.1) is 19.3 Å². The van der Waals surface area contributed by atoms with Crippen molar-refractivity contribution in [1.29, 1.82) is 0 Å². The quantitative estimate of drug-likeness (QED) is 0.100. The topological polar surface area (TPSA) is 0 Å². The number of rotatable bonds is 11. The smallest absolute Gasteiger partial charge is 0.200 e. The fourth-order valence-corrected chi connectivity index (χ4v) is 3.97. The van der Waals surface area contributed by atoms with E-state index in [1.165, 1.54) is 62.7 Å². The number of terminal acetylenes is 1. The molecule has 0 aromatic heterocycles. The zero-order valence-electron chi connectivity index (χ0n) is 15.2. The number of aryl methyl sites for hydroxylation is 1. The van der Waals surface area contributed by atoms with E-state index in [-0.39, 0.29) is 4.05 Å². The molecule has 0 radical (unpaired) electrons. The first-order valence-electron chi connectivity index (χ1n) is 9.10. The molecule has 1 aromatic rings. The average Bonchev–Trinajstić information content (AvgIpc) is 2.56. The Labute approximate surface area is 157 Å².